The van der Waals surface area contributed by atoms with E-state index < -0.39 is 10.9 Å². The Labute approximate surface area is 230 Å². The molecule has 5 aromatic rings. The zero-order chi connectivity index (χ0) is 27.9. The molecule has 0 N–H and O–H groups in total. The fourth-order valence-electron chi connectivity index (χ4n) is 4.15. The second-order valence-electron chi connectivity index (χ2n) is 8.77. The quantitative estimate of drug-likeness (QED) is 0.115. The lowest BCUT2D eigenvalue weighted by molar-refractivity contribution is -0.385. The van der Waals surface area contributed by atoms with Crippen LogP contribution in [0.3, 0.4) is 0 Å². The van der Waals surface area contributed by atoms with E-state index in [1.54, 1.807) is 31.2 Å². The summed E-state index contributed by atoms with van der Waals surface area (Å²) in [7, 11) is 0. The Kier molecular flexibility index (Phi) is 7.92. The molecule has 0 saturated heterocycles. The average molecular weight is 536 g/mol. The van der Waals surface area contributed by atoms with Crippen molar-refractivity contribution in [2.45, 2.75) is 13.5 Å². The van der Waals surface area contributed by atoms with E-state index in [0.29, 0.717) is 22.8 Å². The molecule has 0 unspecified atom stereocenters. The second-order valence-corrected chi connectivity index (χ2v) is 8.77. The normalized spacial score (nSPS) is 10.7. The Morgan fingerprint density at radius 2 is 1.57 bits per heavy atom. The van der Waals surface area contributed by atoms with Gasteiger partial charge in [-0.1, -0.05) is 60.7 Å². The van der Waals surface area contributed by atoms with Crippen LogP contribution in [0.25, 0.3) is 33.4 Å². The van der Waals surface area contributed by atoms with E-state index in [0.717, 1.165) is 21.9 Å². The molecule has 0 aliphatic carbocycles. The molecular formula is C31H25N3O6. The first-order valence-corrected chi connectivity index (χ1v) is 12.6. The Bertz CT molecular complexity index is 1670. The molecule has 1 aromatic heterocycles. The van der Waals surface area contributed by atoms with Crippen molar-refractivity contribution >= 4 is 22.4 Å². The van der Waals surface area contributed by atoms with Crippen molar-refractivity contribution in [1.29, 1.82) is 0 Å². The number of nitro benzene ring substituents is 1. The number of hydrogen-bond donors (Lipinski definition) is 0. The number of carbonyl (C=O) groups excluding carboxylic acids is 1. The molecule has 200 valence electrons. The maximum Gasteiger partial charge on any atom is 0.344 e. The van der Waals surface area contributed by atoms with Gasteiger partial charge in [-0.15, -0.1) is 0 Å². The number of carbonyl (C=O) groups is 1. The molecule has 1 heterocycles. The SMILES string of the molecule is CCOC(=O)COc1cc(-c2ccccc2)nc(-c2ccc3cc(OCc4ccccc4[N+](=O)[O-])ccc3c2)n1. The number of esters is 1. The number of fused-ring (bicyclic) bond motifs is 1. The standard InChI is InChI=1S/C31H25N3O6/c1-2-38-30(35)20-40-29-18-27(21-8-4-3-5-9-21)32-31(33-29)24-13-12-23-17-26(15-14-22(23)16-24)39-19-25-10-6-7-11-28(25)34(36)37/h3-18H,2,19-20H2,1H3. The molecule has 4 aromatic carbocycles. The van der Waals surface area contributed by atoms with E-state index in [9.17, 15) is 14.9 Å². The van der Waals surface area contributed by atoms with E-state index in [-0.39, 0.29) is 31.4 Å². The topological polar surface area (TPSA) is 114 Å². The fraction of sp³-hybridized carbons (Fsp3) is 0.129. The highest BCUT2D eigenvalue weighted by Gasteiger charge is 2.14. The third-order valence-corrected chi connectivity index (χ3v) is 6.07. The second kappa shape index (κ2) is 12.0. The van der Waals surface area contributed by atoms with Crippen LogP contribution >= 0.6 is 0 Å². The van der Waals surface area contributed by atoms with Gasteiger partial charge in [-0.2, -0.15) is 4.98 Å². The number of benzene rings is 4. The maximum absolute atomic E-state index is 11.8. The van der Waals surface area contributed by atoms with Gasteiger partial charge in [0.1, 0.15) is 12.4 Å². The van der Waals surface area contributed by atoms with Crippen molar-refractivity contribution in [2.24, 2.45) is 0 Å². The highest BCUT2D eigenvalue weighted by molar-refractivity contribution is 5.87. The van der Waals surface area contributed by atoms with Gasteiger partial charge >= 0.3 is 5.97 Å². The molecule has 0 aliphatic heterocycles. The highest BCUT2D eigenvalue weighted by Crippen LogP contribution is 2.30. The van der Waals surface area contributed by atoms with E-state index in [2.05, 4.69) is 4.98 Å². The zero-order valence-electron chi connectivity index (χ0n) is 21.7. The van der Waals surface area contributed by atoms with Gasteiger partial charge in [0, 0.05) is 23.3 Å². The number of para-hydroxylation sites is 1. The van der Waals surface area contributed by atoms with Gasteiger partial charge in [0.15, 0.2) is 12.4 Å². The Morgan fingerprint density at radius 1 is 0.825 bits per heavy atom. The van der Waals surface area contributed by atoms with Crippen LogP contribution in [-0.2, 0) is 16.1 Å². The number of nitrogens with zero attached hydrogens (tertiary/aromatic N) is 3. The van der Waals surface area contributed by atoms with E-state index in [1.807, 2.05) is 66.7 Å². The summed E-state index contributed by atoms with van der Waals surface area (Å²) in [6.07, 6.45) is 0. The summed E-state index contributed by atoms with van der Waals surface area (Å²) in [5, 5.41) is 13.1. The van der Waals surface area contributed by atoms with Crippen molar-refractivity contribution in [3.63, 3.8) is 0 Å². The molecule has 0 spiro atoms. The number of hydrogen-bond acceptors (Lipinski definition) is 8. The van der Waals surface area contributed by atoms with Gasteiger partial charge in [0.2, 0.25) is 5.88 Å². The molecule has 0 aliphatic rings. The summed E-state index contributed by atoms with van der Waals surface area (Å²) in [5.41, 5.74) is 2.83. The molecule has 40 heavy (non-hydrogen) atoms. The van der Waals surface area contributed by atoms with Crippen molar-refractivity contribution in [1.82, 2.24) is 9.97 Å². The zero-order valence-corrected chi connectivity index (χ0v) is 21.7. The van der Waals surface area contributed by atoms with E-state index in [4.69, 9.17) is 19.2 Å². The molecule has 0 atom stereocenters. The molecule has 0 bridgehead atoms. The first-order valence-electron chi connectivity index (χ1n) is 12.6. The van der Waals surface area contributed by atoms with Crippen LogP contribution in [0.5, 0.6) is 11.6 Å². The predicted octanol–water partition coefficient (Wildman–Crippen LogP) is 6.39. The largest absolute Gasteiger partial charge is 0.489 e. The molecule has 0 radical (unpaired) electrons. The third kappa shape index (κ3) is 6.21. The van der Waals surface area contributed by atoms with Crippen LogP contribution in [0, 0.1) is 10.1 Å². The number of rotatable bonds is 10. The molecule has 9 heteroatoms. The number of nitro groups is 1. The molecule has 0 fully saturated rings. The summed E-state index contributed by atoms with van der Waals surface area (Å²) >= 11 is 0. The lowest BCUT2D eigenvalue weighted by atomic mass is 10.1. The van der Waals surface area contributed by atoms with E-state index in [1.165, 1.54) is 6.07 Å². The van der Waals surface area contributed by atoms with Crippen LogP contribution in [0.4, 0.5) is 5.69 Å². The van der Waals surface area contributed by atoms with Crippen molar-refractivity contribution < 1.29 is 23.9 Å². The van der Waals surface area contributed by atoms with Crippen LogP contribution in [-0.4, -0.2) is 34.1 Å². The maximum atomic E-state index is 11.8. The van der Waals surface area contributed by atoms with Gasteiger partial charge in [0.05, 0.1) is 22.8 Å². The van der Waals surface area contributed by atoms with Crippen LogP contribution in [0.2, 0.25) is 0 Å². The smallest absolute Gasteiger partial charge is 0.344 e. The Morgan fingerprint density at radius 3 is 2.38 bits per heavy atom. The van der Waals surface area contributed by atoms with Crippen molar-refractivity contribution in [3.8, 4) is 34.3 Å². The summed E-state index contributed by atoms with van der Waals surface area (Å²) < 4.78 is 16.5. The Balaban J connectivity index is 1.41. The minimum atomic E-state index is -0.477. The molecular weight excluding hydrogens is 510 g/mol. The first-order chi connectivity index (χ1) is 19.5. The Hall–Kier alpha value is -5.31. The third-order valence-electron chi connectivity index (χ3n) is 6.07. The molecule has 9 nitrogen and oxygen atoms in total. The lowest BCUT2D eigenvalue weighted by Gasteiger charge is -2.11. The summed E-state index contributed by atoms with van der Waals surface area (Å²) in [4.78, 5) is 32.0. The number of aromatic nitrogens is 2. The van der Waals surface area contributed by atoms with E-state index >= 15 is 0 Å². The van der Waals surface area contributed by atoms with Gasteiger partial charge < -0.3 is 14.2 Å². The molecule has 0 saturated carbocycles. The van der Waals surface area contributed by atoms with Crippen molar-refractivity contribution in [2.75, 3.05) is 13.2 Å². The average Bonchev–Trinajstić information content (AvgIpc) is 2.99. The summed E-state index contributed by atoms with van der Waals surface area (Å²) in [6.45, 7) is 1.82. The number of ether oxygens (including phenoxy) is 3. The van der Waals surface area contributed by atoms with Gasteiger partial charge in [-0.05, 0) is 42.0 Å². The lowest BCUT2D eigenvalue weighted by Crippen LogP contribution is -2.15. The fourth-order valence-corrected chi connectivity index (χ4v) is 4.15. The minimum absolute atomic E-state index is 0.0243. The monoisotopic (exact) mass is 535 g/mol. The van der Waals surface area contributed by atoms with Crippen LogP contribution < -0.4 is 9.47 Å². The van der Waals surface area contributed by atoms with Gasteiger partial charge in [-0.25, -0.2) is 9.78 Å². The minimum Gasteiger partial charge on any atom is -0.489 e. The highest BCUT2D eigenvalue weighted by atomic mass is 16.6. The van der Waals surface area contributed by atoms with Gasteiger partial charge in [-0.3, -0.25) is 10.1 Å². The molecule has 0 amide bonds. The van der Waals surface area contributed by atoms with Gasteiger partial charge in [0.25, 0.3) is 5.69 Å². The van der Waals surface area contributed by atoms with Crippen LogP contribution in [0.15, 0.2) is 97.1 Å². The van der Waals surface area contributed by atoms with Crippen LogP contribution in [0.1, 0.15) is 12.5 Å². The summed E-state index contributed by atoms with van der Waals surface area (Å²) in [5.74, 6) is 0.819. The first kappa shape index (κ1) is 26.3. The van der Waals surface area contributed by atoms with Crippen molar-refractivity contribution in [3.05, 3.63) is 113 Å². The molecule has 5 rings (SSSR count). The summed E-state index contributed by atoms with van der Waals surface area (Å²) in [6, 6.07) is 29.2. The predicted molar refractivity (Wildman–Crippen MR) is 150 cm³/mol.